The number of furan rings is 1. The fourth-order valence-corrected chi connectivity index (χ4v) is 3.54. The second kappa shape index (κ2) is 9.50. The van der Waals surface area contributed by atoms with E-state index in [0.717, 1.165) is 28.1 Å². The van der Waals surface area contributed by atoms with E-state index in [1.54, 1.807) is 28.9 Å². The lowest BCUT2D eigenvalue weighted by atomic mass is 10.1. The maximum absolute atomic E-state index is 13.3. The number of ether oxygens (including phenoxy) is 1. The number of aromatic nitrogens is 2. The van der Waals surface area contributed by atoms with Crippen LogP contribution in [0.4, 0.5) is 10.2 Å². The minimum Gasteiger partial charge on any atom is -0.485 e. The molecule has 8 heteroatoms. The second-order valence-corrected chi connectivity index (χ2v) is 8.25. The van der Waals surface area contributed by atoms with Gasteiger partial charge in [0, 0.05) is 16.8 Å². The highest BCUT2D eigenvalue weighted by atomic mass is 35.5. The topological polar surface area (TPSA) is 69.3 Å². The summed E-state index contributed by atoms with van der Waals surface area (Å²) in [5.41, 5.74) is 3.67. The summed E-state index contributed by atoms with van der Waals surface area (Å²) in [6, 6.07) is 15.2. The van der Waals surface area contributed by atoms with Crippen molar-refractivity contribution in [1.29, 1.82) is 0 Å². The Kier molecular flexibility index (Phi) is 6.51. The fourth-order valence-electron chi connectivity index (χ4n) is 3.31. The average molecular weight is 468 g/mol. The summed E-state index contributed by atoms with van der Waals surface area (Å²) >= 11 is 6.11. The number of benzene rings is 2. The smallest absolute Gasteiger partial charge is 0.292 e. The molecule has 0 saturated heterocycles. The number of carbonyl (C=O) groups is 1. The molecule has 0 unspecified atom stereocenters. The van der Waals surface area contributed by atoms with Crippen LogP contribution in [0.1, 0.15) is 38.7 Å². The van der Waals surface area contributed by atoms with Crippen molar-refractivity contribution >= 4 is 23.3 Å². The molecule has 0 fully saturated rings. The third-order valence-corrected chi connectivity index (χ3v) is 5.51. The molecule has 0 bridgehead atoms. The first-order valence-electron chi connectivity index (χ1n) is 10.4. The number of halogens is 2. The van der Waals surface area contributed by atoms with Gasteiger partial charge in [0.1, 0.15) is 23.9 Å². The highest BCUT2D eigenvalue weighted by Gasteiger charge is 2.15. The van der Waals surface area contributed by atoms with Crippen molar-refractivity contribution in [2.24, 2.45) is 0 Å². The summed E-state index contributed by atoms with van der Waals surface area (Å²) in [7, 11) is 0. The van der Waals surface area contributed by atoms with Crippen molar-refractivity contribution in [1.82, 2.24) is 9.78 Å². The van der Waals surface area contributed by atoms with Gasteiger partial charge in [0.25, 0.3) is 5.91 Å². The number of anilines is 1. The molecule has 0 radical (unpaired) electrons. The van der Waals surface area contributed by atoms with Crippen molar-refractivity contribution in [3.63, 3.8) is 0 Å². The zero-order valence-corrected chi connectivity index (χ0v) is 19.2. The zero-order valence-electron chi connectivity index (χ0n) is 18.5. The molecule has 0 aliphatic rings. The molecule has 0 aliphatic heterocycles. The Morgan fingerprint density at radius 1 is 1.12 bits per heavy atom. The van der Waals surface area contributed by atoms with Gasteiger partial charge in [0.15, 0.2) is 11.6 Å². The molecule has 0 saturated carbocycles. The van der Waals surface area contributed by atoms with E-state index in [1.165, 1.54) is 12.1 Å². The molecule has 2 heterocycles. The van der Waals surface area contributed by atoms with E-state index >= 15 is 0 Å². The highest BCUT2D eigenvalue weighted by Crippen LogP contribution is 2.22. The van der Waals surface area contributed by atoms with Crippen molar-refractivity contribution in [2.75, 3.05) is 5.32 Å². The Morgan fingerprint density at radius 2 is 1.94 bits per heavy atom. The van der Waals surface area contributed by atoms with Crippen LogP contribution in [-0.4, -0.2) is 15.7 Å². The summed E-state index contributed by atoms with van der Waals surface area (Å²) in [5.74, 6) is 1.03. The van der Waals surface area contributed by atoms with Crippen LogP contribution in [0, 0.1) is 26.6 Å². The lowest BCUT2D eigenvalue weighted by molar-refractivity contribution is 0.0992. The molecule has 4 rings (SSSR count). The van der Waals surface area contributed by atoms with Gasteiger partial charge in [-0.1, -0.05) is 29.8 Å². The second-order valence-electron chi connectivity index (χ2n) is 7.84. The zero-order chi connectivity index (χ0) is 23.5. The molecule has 2 aromatic carbocycles. The minimum atomic E-state index is -0.419. The normalized spacial score (nSPS) is 10.9. The molecule has 1 N–H and O–H groups in total. The van der Waals surface area contributed by atoms with E-state index in [2.05, 4.69) is 10.4 Å². The molecule has 33 heavy (non-hydrogen) atoms. The van der Waals surface area contributed by atoms with Crippen molar-refractivity contribution in [3.8, 4) is 5.75 Å². The van der Waals surface area contributed by atoms with Gasteiger partial charge in [0.2, 0.25) is 0 Å². The van der Waals surface area contributed by atoms with E-state index in [0.29, 0.717) is 23.1 Å². The molecule has 6 nitrogen and oxygen atoms in total. The number of aryl methyl sites for hydroxylation is 3. The molecule has 170 valence electrons. The Labute approximate surface area is 195 Å². The number of carbonyl (C=O) groups excluding carboxylic acids is 1. The average Bonchev–Trinajstić information content (AvgIpc) is 3.37. The monoisotopic (exact) mass is 467 g/mol. The molecular formula is C25H23ClFN3O3. The van der Waals surface area contributed by atoms with Crippen LogP contribution in [0.3, 0.4) is 0 Å². The van der Waals surface area contributed by atoms with Gasteiger partial charge < -0.3 is 14.5 Å². The van der Waals surface area contributed by atoms with Crippen LogP contribution in [0.25, 0.3) is 0 Å². The molecule has 4 aromatic rings. The predicted molar refractivity (Wildman–Crippen MR) is 124 cm³/mol. The van der Waals surface area contributed by atoms with Gasteiger partial charge >= 0.3 is 0 Å². The molecule has 0 spiro atoms. The summed E-state index contributed by atoms with van der Waals surface area (Å²) in [6.45, 7) is 6.39. The van der Waals surface area contributed by atoms with Crippen LogP contribution in [-0.2, 0) is 13.2 Å². The van der Waals surface area contributed by atoms with Crippen molar-refractivity contribution in [3.05, 3.63) is 99.3 Å². The number of amides is 1. The summed E-state index contributed by atoms with van der Waals surface area (Å²) < 4.78 is 26.4. The lowest BCUT2D eigenvalue weighted by Gasteiger charge is -2.08. The van der Waals surface area contributed by atoms with E-state index < -0.39 is 11.7 Å². The largest absolute Gasteiger partial charge is 0.485 e. The number of hydrogen-bond acceptors (Lipinski definition) is 4. The summed E-state index contributed by atoms with van der Waals surface area (Å²) in [6.07, 6.45) is 0. The number of hydrogen-bond donors (Lipinski definition) is 1. The van der Waals surface area contributed by atoms with Crippen molar-refractivity contribution in [2.45, 2.75) is 33.9 Å². The summed E-state index contributed by atoms with van der Waals surface area (Å²) in [4.78, 5) is 12.6. The first-order valence-corrected chi connectivity index (χ1v) is 10.7. The summed E-state index contributed by atoms with van der Waals surface area (Å²) in [5, 5.41) is 7.46. The first-order chi connectivity index (χ1) is 15.8. The van der Waals surface area contributed by atoms with Gasteiger partial charge in [-0.05, 0) is 67.8 Å². The van der Waals surface area contributed by atoms with Crippen LogP contribution < -0.4 is 10.1 Å². The van der Waals surface area contributed by atoms with Crippen LogP contribution in [0.15, 0.2) is 59.0 Å². The lowest BCUT2D eigenvalue weighted by Crippen LogP contribution is -2.12. The number of nitrogens with one attached hydrogen (secondary N) is 1. The first kappa shape index (κ1) is 22.6. The van der Waals surface area contributed by atoms with Gasteiger partial charge in [-0.3, -0.25) is 9.48 Å². The van der Waals surface area contributed by atoms with Crippen LogP contribution in [0.5, 0.6) is 5.75 Å². The molecule has 0 atom stereocenters. The van der Waals surface area contributed by atoms with Crippen LogP contribution >= 0.6 is 11.6 Å². The third kappa shape index (κ3) is 5.43. The van der Waals surface area contributed by atoms with Gasteiger partial charge in [-0.2, -0.15) is 5.10 Å². The minimum absolute atomic E-state index is 0.156. The molecular weight excluding hydrogens is 445 g/mol. The maximum atomic E-state index is 13.3. The van der Waals surface area contributed by atoms with E-state index in [4.69, 9.17) is 20.8 Å². The number of rotatable bonds is 7. The van der Waals surface area contributed by atoms with E-state index in [9.17, 15) is 9.18 Å². The SMILES string of the molecule is Cc1ccc(C)c(OCc2ccc(C(=O)Nc3cc(C)n(Cc4ccc(F)cc4Cl)n3)o2)c1. The van der Waals surface area contributed by atoms with E-state index in [1.807, 2.05) is 39.0 Å². The van der Waals surface area contributed by atoms with Gasteiger partial charge in [0.05, 0.1) is 6.54 Å². The Bertz CT molecular complexity index is 1310. The van der Waals surface area contributed by atoms with Gasteiger partial charge in [-0.15, -0.1) is 0 Å². The maximum Gasteiger partial charge on any atom is 0.292 e. The Balaban J connectivity index is 1.39. The van der Waals surface area contributed by atoms with Gasteiger partial charge in [-0.25, -0.2) is 4.39 Å². The number of nitrogens with zero attached hydrogens (tertiary/aromatic N) is 2. The molecule has 2 aromatic heterocycles. The highest BCUT2D eigenvalue weighted by molar-refractivity contribution is 6.31. The van der Waals surface area contributed by atoms with E-state index in [-0.39, 0.29) is 12.4 Å². The standard InChI is InChI=1S/C25H23ClFN3O3/c1-15-4-5-16(2)23(10-15)32-14-20-8-9-22(33-20)25(31)28-24-11-17(3)30(29-24)13-18-6-7-19(27)12-21(18)26/h4-12H,13-14H2,1-3H3,(H,28,29,31). The van der Waals surface area contributed by atoms with Crippen LogP contribution in [0.2, 0.25) is 5.02 Å². The quantitative estimate of drug-likeness (QED) is 0.358. The third-order valence-electron chi connectivity index (χ3n) is 5.16. The Morgan fingerprint density at radius 3 is 2.73 bits per heavy atom. The Hall–Kier alpha value is -3.58. The van der Waals surface area contributed by atoms with Crippen molar-refractivity contribution < 1.29 is 18.3 Å². The molecule has 0 aliphatic carbocycles. The predicted octanol–water partition coefficient (Wildman–Crippen LogP) is 6.07. The fraction of sp³-hybridized carbons (Fsp3) is 0.200. The molecule has 1 amide bonds.